The Kier molecular flexibility index (Phi) is 4.89. The van der Waals surface area contributed by atoms with E-state index in [2.05, 4.69) is 17.2 Å². The van der Waals surface area contributed by atoms with Crippen molar-refractivity contribution in [1.29, 1.82) is 0 Å². The summed E-state index contributed by atoms with van der Waals surface area (Å²) in [6.45, 7) is 7.94. The normalized spacial score (nSPS) is 10.8. The third kappa shape index (κ3) is 3.90. The van der Waals surface area contributed by atoms with Gasteiger partial charge in [0.25, 0.3) is 5.91 Å². The van der Waals surface area contributed by atoms with E-state index in [9.17, 15) is 4.79 Å². The first-order valence-corrected chi connectivity index (χ1v) is 6.22. The molecule has 0 saturated heterocycles. The highest BCUT2D eigenvalue weighted by atomic mass is 32.1. The van der Waals surface area contributed by atoms with Crippen LogP contribution in [-0.2, 0) is 16.0 Å². The number of hydrogen-bond acceptors (Lipinski definition) is 4. The first kappa shape index (κ1) is 13.1. The Morgan fingerprint density at radius 2 is 2.25 bits per heavy atom. The van der Waals surface area contributed by atoms with Gasteiger partial charge >= 0.3 is 0 Å². The lowest BCUT2D eigenvalue weighted by Crippen LogP contribution is -2.20. The topological polar surface area (TPSA) is 51.2 Å². The van der Waals surface area contributed by atoms with E-state index in [0.717, 1.165) is 17.0 Å². The number of thiazole rings is 1. The predicted octanol–water partition coefficient (Wildman–Crippen LogP) is 2.38. The summed E-state index contributed by atoms with van der Waals surface area (Å²) in [6.07, 6.45) is 0.954. The van der Waals surface area contributed by atoms with Gasteiger partial charge in [0.15, 0.2) is 5.13 Å². The van der Waals surface area contributed by atoms with Gasteiger partial charge in [-0.3, -0.25) is 10.1 Å². The van der Waals surface area contributed by atoms with Gasteiger partial charge in [0.2, 0.25) is 0 Å². The first-order valence-electron chi connectivity index (χ1n) is 5.40. The van der Waals surface area contributed by atoms with Crippen LogP contribution < -0.4 is 5.32 Å². The fourth-order valence-corrected chi connectivity index (χ4v) is 2.13. The highest BCUT2D eigenvalue weighted by molar-refractivity contribution is 7.15. The highest BCUT2D eigenvalue weighted by Crippen LogP contribution is 2.22. The summed E-state index contributed by atoms with van der Waals surface area (Å²) in [6, 6.07) is 0. The van der Waals surface area contributed by atoms with E-state index in [1.807, 2.05) is 20.8 Å². The number of carbonyl (C=O) groups excluding carboxylic acids is 1. The minimum atomic E-state index is -0.148. The standard InChI is InChI=1S/C11H18N2O2S/c1-5-9-8(4)16-11(12-9)13-10(14)6-15-7(2)3/h7H,5-6H2,1-4H3,(H,12,13,14). The number of nitrogens with zero attached hydrogens (tertiary/aromatic N) is 1. The third-order valence-electron chi connectivity index (χ3n) is 2.02. The number of carbonyl (C=O) groups is 1. The van der Waals surface area contributed by atoms with Crippen molar-refractivity contribution >= 4 is 22.4 Å². The van der Waals surface area contributed by atoms with Gasteiger partial charge in [0, 0.05) is 4.88 Å². The van der Waals surface area contributed by atoms with Gasteiger partial charge in [-0.15, -0.1) is 11.3 Å². The predicted molar refractivity (Wildman–Crippen MR) is 65.9 cm³/mol. The Bertz CT molecular complexity index is 361. The first-order chi connectivity index (χ1) is 7.52. The average molecular weight is 242 g/mol. The molecule has 1 aromatic rings. The number of hydrogen-bond donors (Lipinski definition) is 1. The van der Waals surface area contributed by atoms with E-state index in [4.69, 9.17) is 4.74 Å². The van der Waals surface area contributed by atoms with Crippen molar-refractivity contribution in [2.45, 2.75) is 40.2 Å². The van der Waals surface area contributed by atoms with E-state index in [1.165, 1.54) is 11.3 Å². The molecule has 1 aromatic heterocycles. The van der Waals surface area contributed by atoms with Gasteiger partial charge in [-0.05, 0) is 27.2 Å². The molecule has 0 bridgehead atoms. The number of aromatic nitrogens is 1. The largest absolute Gasteiger partial charge is 0.369 e. The monoisotopic (exact) mass is 242 g/mol. The van der Waals surface area contributed by atoms with Crippen molar-refractivity contribution in [3.63, 3.8) is 0 Å². The molecule has 90 valence electrons. The lowest BCUT2D eigenvalue weighted by atomic mass is 10.3. The number of rotatable bonds is 5. The molecular formula is C11H18N2O2S. The second-order valence-corrected chi connectivity index (χ2v) is 4.99. The van der Waals surface area contributed by atoms with E-state index >= 15 is 0 Å². The molecule has 0 radical (unpaired) electrons. The molecule has 1 amide bonds. The van der Waals surface area contributed by atoms with Crippen LogP contribution in [0.25, 0.3) is 0 Å². The molecular weight excluding hydrogens is 224 g/mol. The molecule has 0 atom stereocenters. The number of anilines is 1. The number of aryl methyl sites for hydroxylation is 2. The van der Waals surface area contributed by atoms with E-state index < -0.39 is 0 Å². The van der Waals surface area contributed by atoms with Gasteiger partial charge in [-0.2, -0.15) is 0 Å². The minimum Gasteiger partial charge on any atom is -0.369 e. The summed E-state index contributed by atoms with van der Waals surface area (Å²) in [5.74, 6) is -0.148. The van der Waals surface area contributed by atoms with Gasteiger partial charge < -0.3 is 4.74 Å². The van der Waals surface area contributed by atoms with Crippen LogP contribution >= 0.6 is 11.3 Å². The van der Waals surface area contributed by atoms with Crippen LogP contribution in [0.1, 0.15) is 31.3 Å². The Labute approximate surface area is 100 Å². The molecule has 5 heteroatoms. The summed E-state index contributed by atoms with van der Waals surface area (Å²) < 4.78 is 5.20. The molecule has 16 heavy (non-hydrogen) atoms. The lowest BCUT2D eigenvalue weighted by molar-refractivity contribution is -0.121. The Balaban J connectivity index is 2.49. The second kappa shape index (κ2) is 5.96. The number of ether oxygens (including phenoxy) is 1. The SMILES string of the molecule is CCc1nc(NC(=O)COC(C)C)sc1C. The Morgan fingerprint density at radius 3 is 2.75 bits per heavy atom. The fraction of sp³-hybridized carbons (Fsp3) is 0.636. The van der Waals surface area contributed by atoms with E-state index in [0.29, 0.717) is 5.13 Å². The van der Waals surface area contributed by atoms with E-state index in [-0.39, 0.29) is 18.6 Å². The van der Waals surface area contributed by atoms with Crippen LogP contribution in [0.5, 0.6) is 0 Å². The quantitative estimate of drug-likeness (QED) is 0.862. The summed E-state index contributed by atoms with van der Waals surface area (Å²) in [5, 5.41) is 3.40. The van der Waals surface area contributed by atoms with Gasteiger partial charge in [0.05, 0.1) is 11.8 Å². The molecule has 1 heterocycles. The zero-order valence-corrected chi connectivity index (χ0v) is 11.0. The van der Waals surface area contributed by atoms with Crippen molar-refractivity contribution in [2.75, 3.05) is 11.9 Å². The summed E-state index contributed by atoms with van der Waals surface area (Å²) >= 11 is 1.50. The Hall–Kier alpha value is -0.940. The van der Waals surface area contributed by atoms with Crippen LogP contribution in [0.2, 0.25) is 0 Å². The molecule has 1 rings (SSSR count). The van der Waals surface area contributed by atoms with Crippen molar-refractivity contribution < 1.29 is 9.53 Å². The average Bonchev–Trinajstić information content (AvgIpc) is 2.55. The molecule has 0 aromatic carbocycles. The van der Waals surface area contributed by atoms with Crippen LogP contribution in [-0.4, -0.2) is 23.6 Å². The highest BCUT2D eigenvalue weighted by Gasteiger charge is 2.09. The molecule has 0 saturated carbocycles. The molecule has 4 nitrogen and oxygen atoms in total. The van der Waals surface area contributed by atoms with Crippen LogP contribution in [0.3, 0.4) is 0 Å². The van der Waals surface area contributed by atoms with Crippen molar-refractivity contribution in [2.24, 2.45) is 0 Å². The van der Waals surface area contributed by atoms with Crippen molar-refractivity contribution in [1.82, 2.24) is 4.98 Å². The molecule has 0 unspecified atom stereocenters. The number of nitrogens with one attached hydrogen (secondary N) is 1. The maximum atomic E-state index is 11.5. The van der Waals surface area contributed by atoms with Crippen LogP contribution in [0.15, 0.2) is 0 Å². The molecule has 0 aliphatic heterocycles. The zero-order valence-electron chi connectivity index (χ0n) is 10.2. The van der Waals surface area contributed by atoms with Gasteiger partial charge in [0.1, 0.15) is 6.61 Å². The lowest BCUT2D eigenvalue weighted by Gasteiger charge is -2.06. The van der Waals surface area contributed by atoms with Crippen molar-refractivity contribution in [3.05, 3.63) is 10.6 Å². The fourth-order valence-electron chi connectivity index (χ4n) is 1.21. The van der Waals surface area contributed by atoms with Crippen molar-refractivity contribution in [3.8, 4) is 0 Å². The zero-order chi connectivity index (χ0) is 12.1. The summed E-state index contributed by atoms with van der Waals surface area (Å²) in [4.78, 5) is 16.9. The molecule has 0 fully saturated rings. The van der Waals surface area contributed by atoms with E-state index in [1.54, 1.807) is 0 Å². The molecule has 0 aliphatic rings. The number of amides is 1. The maximum Gasteiger partial charge on any atom is 0.252 e. The second-order valence-electron chi connectivity index (χ2n) is 3.78. The third-order valence-corrected chi connectivity index (χ3v) is 2.95. The molecule has 0 spiro atoms. The summed E-state index contributed by atoms with van der Waals surface area (Å²) in [5.41, 5.74) is 1.05. The van der Waals surface area contributed by atoms with Crippen LogP contribution in [0.4, 0.5) is 5.13 Å². The molecule has 1 N–H and O–H groups in total. The minimum absolute atomic E-state index is 0.0648. The smallest absolute Gasteiger partial charge is 0.252 e. The van der Waals surface area contributed by atoms with Crippen LogP contribution in [0, 0.1) is 6.92 Å². The summed E-state index contributed by atoms with van der Waals surface area (Å²) in [7, 11) is 0. The van der Waals surface area contributed by atoms with Gasteiger partial charge in [-0.25, -0.2) is 4.98 Å². The Morgan fingerprint density at radius 1 is 1.56 bits per heavy atom. The van der Waals surface area contributed by atoms with Gasteiger partial charge in [-0.1, -0.05) is 6.92 Å². The molecule has 0 aliphatic carbocycles. The maximum absolute atomic E-state index is 11.5.